The minimum Gasteiger partial charge on any atom is -0.390 e. The third kappa shape index (κ3) is 2.95. The summed E-state index contributed by atoms with van der Waals surface area (Å²) >= 11 is 0. The summed E-state index contributed by atoms with van der Waals surface area (Å²) in [7, 11) is 0. The van der Waals surface area contributed by atoms with E-state index < -0.39 is 0 Å². The predicted octanol–water partition coefficient (Wildman–Crippen LogP) is 4.19. The SMILES string of the molecule is OC1(Cc2ccc(C3CCCCCC3)cc2)CC1. The van der Waals surface area contributed by atoms with E-state index in [0.29, 0.717) is 0 Å². The fraction of sp³-hybridized carbons (Fsp3) is 0.647. The van der Waals surface area contributed by atoms with Gasteiger partial charge in [-0.05, 0) is 42.7 Å². The maximum absolute atomic E-state index is 9.94. The highest BCUT2D eigenvalue weighted by molar-refractivity contribution is 5.27. The van der Waals surface area contributed by atoms with Crippen molar-refractivity contribution < 1.29 is 5.11 Å². The summed E-state index contributed by atoms with van der Waals surface area (Å²) in [5.74, 6) is 0.783. The van der Waals surface area contributed by atoms with Crippen molar-refractivity contribution in [3.8, 4) is 0 Å². The molecule has 2 fully saturated rings. The van der Waals surface area contributed by atoms with Crippen LogP contribution in [0.5, 0.6) is 0 Å². The number of aliphatic hydroxyl groups is 1. The molecule has 2 aliphatic carbocycles. The van der Waals surface area contributed by atoms with E-state index in [4.69, 9.17) is 0 Å². The number of rotatable bonds is 3. The van der Waals surface area contributed by atoms with Gasteiger partial charge >= 0.3 is 0 Å². The van der Waals surface area contributed by atoms with Crippen LogP contribution in [0, 0.1) is 0 Å². The third-order valence-corrected chi connectivity index (χ3v) is 4.67. The van der Waals surface area contributed by atoms with Crippen molar-refractivity contribution >= 4 is 0 Å². The van der Waals surface area contributed by atoms with Gasteiger partial charge in [-0.2, -0.15) is 0 Å². The minimum atomic E-state index is -0.357. The van der Waals surface area contributed by atoms with Crippen molar-refractivity contribution in [2.24, 2.45) is 0 Å². The molecule has 1 nitrogen and oxygen atoms in total. The van der Waals surface area contributed by atoms with E-state index in [2.05, 4.69) is 24.3 Å². The van der Waals surface area contributed by atoms with E-state index in [-0.39, 0.29) is 5.60 Å². The first-order valence-corrected chi connectivity index (χ1v) is 7.56. The molecule has 2 saturated carbocycles. The zero-order valence-electron chi connectivity index (χ0n) is 11.2. The van der Waals surface area contributed by atoms with Crippen LogP contribution in [0.15, 0.2) is 24.3 Å². The Morgan fingerprint density at radius 1 is 0.944 bits per heavy atom. The Bertz CT molecular complexity index is 381. The Labute approximate surface area is 110 Å². The molecule has 98 valence electrons. The largest absolute Gasteiger partial charge is 0.390 e. The first-order valence-electron chi connectivity index (χ1n) is 7.56. The molecular weight excluding hydrogens is 220 g/mol. The lowest BCUT2D eigenvalue weighted by atomic mass is 9.90. The maximum Gasteiger partial charge on any atom is 0.0690 e. The summed E-state index contributed by atoms with van der Waals surface area (Å²) in [4.78, 5) is 0. The summed E-state index contributed by atoms with van der Waals surface area (Å²) in [5, 5.41) is 9.94. The maximum atomic E-state index is 9.94. The van der Waals surface area contributed by atoms with Gasteiger partial charge in [0.2, 0.25) is 0 Å². The Morgan fingerprint density at radius 3 is 2.11 bits per heavy atom. The molecule has 0 radical (unpaired) electrons. The van der Waals surface area contributed by atoms with E-state index in [1.54, 1.807) is 0 Å². The molecular formula is C17H24O. The molecule has 1 N–H and O–H groups in total. The lowest BCUT2D eigenvalue weighted by Crippen LogP contribution is -2.10. The average molecular weight is 244 g/mol. The molecule has 1 aromatic rings. The molecule has 0 heterocycles. The van der Waals surface area contributed by atoms with Gasteiger partial charge in [-0.25, -0.2) is 0 Å². The highest BCUT2D eigenvalue weighted by Crippen LogP contribution is 2.38. The predicted molar refractivity (Wildman–Crippen MR) is 74.8 cm³/mol. The second-order valence-corrected chi connectivity index (χ2v) is 6.33. The first-order chi connectivity index (χ1) is 8.75. The van der Waals surface area contributed by atoms with Crippen molar-refractivity contribution in [2.45, 2.75) is 69.3 Å². The minimum absolute atomic E-state index is 0.357. The molecule has 0 unspecified atom stereocenters. The van der Waals surface area contributed by atoms with Crippen LogP contribution in [0.4, 0.5) is 0 Å². The molecule has 3 rings (SSSR count). The second-order valence-electron chi connectivity index (χ2n) is 6.33. The van der Waals surface area contributed by atoms with Crippen molar-refractivity contribution in [3.05, 3.63) is 35.4 Å². The molecule has 0 aromatic heterocycles. The zero-order chi connectivity index (χ0) is 12.4. The molecule has 1 heteroatoms. The Kier molecular flexibility index (Phi) is 3.43. The van der Waals surface area contributed by atoms with Gasteiger partial charge in [-0.3, -0.25) is 0 Å². The van der Waals surface area contributed by atoms with Crippen molar-refractivity contribution in [1.82, 2.24) is 0 Å². The summed E-state index contributed by atoms with van der Waals surface area (Å²) in [6.07, 6.45) is 11.2. The van der Waals surface area contributed by atoms with Crippen LogP contribution in [-0.2, 0) is 6.42 Å². The lowest BCUT2D eigenvalue weighted by molar-refractivity contribution is 0.151. The molecule has 0 bridgehead atoms. The van der Waals surface area contributed by atoms with E-state index in [1.807, 2.05) is 0 Å². The highest BCUT2D eigenvalue weighted by atomic mass is 16.3. The van der Waals surface area contributed by atoms with E-state index in [9.17, 15) is 5.11 Å². The van der Waals surface area contributed by atoms with Crippen LogP contribution in [0.25, 0.3) is 0 Å². The Balaban J connectivity index is 1.65. The molecule has 1 aromatic carbocycles. The Hall–Kier alpha value is -0.820. The van der Waals surface area contributed by atoms with Gasteiger partial charge in [-0.1, -0.05) is 49.9 Å². The number of hydrogen-bond donors (Lipinski definition) is 1. The van der Waals surface area contributed by atoms with Gasteiger partial charge in [0.15, 0.2) is 0 Å². The van der Waals surface area contributed by atoms with Crippen LogP contribution in [0.1, 0.15) is 68.4 Å². The Morgan fingerprint density at radius 2 is 1.56 bits per heavy atom. The standard InChI is InChI=1S/C17H24O/c18-17(11-12-17)13-14-7-9-16(10-8-14)15-5-3-1-2-4-6-15/h7-10,15,18H,1-6,11-13H2. The van der Waals surface area contributed by atoms with Crippen LogP contribution < -0.4 is 0 Å². The summed E-state index contributed by atoms with van der Waals surface area (Å²) in [6, 6.07) is 9.07. The number of benzene rings is 1. The summed E-state index contributed by atoms with van der Waals surface area (Å²) in [5.41, 5.74) is 2.46. The monoisotopic (exact) mass is 244 g/mol. The highest BCUT2D eigenvalue weighted by Gasteiger charge is 2.39. The summed E-state index contributed by atoms with van der Waals surface area (Å²) in [6.45, 7) is 0. The van der Waals surface area contributed by atoms with Gasteiger partial charge in [0, 0.05) is 6.42 Å². The van der Waals surface area contributed by atoms with Crippen molar-refractivity contribution in [3.63, 3.8) is 0 Å². The fourth-order valence-corrected chi connectivity index (χ4v) is 3.22. The van der Waals surface area contributed by atoms with Gasteiger partial charge in [0.1, 0.15) is 0 Å². The molecule has 0 spiro atoms. The molecule has 0 saturated heterocycles. The number of hydrogen-bond acceptors (Lipinski definition) is 1. The van der Waals surface area contributed by atoms with E-state index in [1.165, 1.54) is 49.7 Å². The van der Waals surface area contributed by atoms with Crippen molar-refractivity contribution in [1.29, 1.82) is 0 Å². The quantitative estimate of drug-likeness (QED) is 0.790. The van der Waals surface area contributed by atoms with Crippen LogP contribution in [-0.4, -0.2) is 10.7 Å². The van der Waals surface area contributed by atoms with Crippen molar-refractivity contribution in [2.75, 3.05) is 0 Å². The molecule has 0 aliphatic heterocycles. The zero-order valence-corrected chi connectivity index (χ0v) is 11.2. The van der Waals surface area contributed by atoms with Crippen LogP contribution >= 0.6 is 0 Å². The molecule has 2 aliphatic rings. The summed E-state index contributed by atoms with van der Waals surface area (Å²) < 4.78 is 0. The molecule has 0 atom stereocenters. The topological polar surface area (TPSA) is 20.2 Å². The van der Waals surface area contributed by atoms with Crippen LogP contribution in [0.3, 0.4) is 0 Å². The van der Waals surface area contributed by atoms with Gasteiger partial charge in [0.05, 0.1) is 5.60 Å². The van der Waals surface area contributed by atoms with Gasteiger partial charge in [0.25, 0.3) is 0 Å². The van der Waals surface area contributed by atoms with E-state index in [0.717, 1.165) is 25.2 Å². The first kappa shape index (κ1) is 12.2. The van der Waals surface area contributed by atoms with Crippen LogP contribution in [0.2, 0.25) is 0 Å². The molecule has 0 amide bonds. The third-order valence-electron chi connectivity index (χ3n) is 4.67. The van der Waals surface area contributed by atoms with Gasteiger partial charge in [-0.15, -0.1) is 0 Å². The average Bonchev–Trinajstić information content (AvgIpc) is 3.14. The fourth-order valence-electron chi connectivity index (χ4n) is 3.22. The molecule has 18 heavy (non-hydrogen) atoms. The second kappa shape index (κ2) is 5.05. The van der Waals surface area contributed by atoms with Gasteiger partial charge < -0.3 is 5.11 Å². The van der Waals surface area contributed by atoms with E-state index >= 15 is 0 Å². The lowest BCUT2D eigenvalue weighted by Gasteiger charge is -2.15. The smallest absolute Gasteiger partial charge is 0.0690 e. The normalized spacial score (nSPS) is 23.6.